The van der Waals surface area contributed by atoms with Crippen LogP contribution in [0.25, 0.3) is 11.4 Å². The lowest BCUT2D eigenvalue weighted by Crippen LogP contribution is -2.28. The summed E-state index contributed by atoms with van der Waals surface area (Å²) in [6, 6.07) is 4.41. The molecule has 0 saturated heterocycles. The molecule has 1 unspecified atom stereocenters. The third-order valence-electron chi connectivity index (χ3n) is 3.65. The number of ether oxygens (including phenoxy) is 1. The Balaban J connectivity index is 2.02. The Morgan fingerprint density at radius 2 is 2.29 bits per heavy atom. The predicted molar refractivity (Wildman–Crippen MR) is 76.9 cm³/mol. The predicted octanol–water partition coefficient (Wildman–Crippen LogP) is 2.58. The van der Waals surface area contributed by atoms with Crippen LogP contribution in [0.2, 0.25) is 0 Å². The van der Waals surface area contributed by atoms with Crippen LogP contribution in [0, 0.1) is 11.7 Å². The fraction of sp³-hybridized carbons (Fsp3) is 0.357. The lowest BCUT2D eigenvalue weighted by Gasteiger charge is -2.22. The molecule has 21 heavy (non-hydrogen) atoms. The molecule has 0 bridgehead atoms. The molecule has 1 aliphatic rings. The lowest BCUT2D eigenvalue weighted by atomic mass is 9.99. The van der Waals surface area contributed by atoms with Gasteiger partial charge in [-0.05, 0) is 24.6 Å². The molecule has 2 heterocycles. The van der Waals surface area contributed by atoms with Crippen LogP contribution in [-0.2, 0) is 22.5 Å². The summed E-state index contributed by atoms with van der Waals surface area (Å²) in [6.45, 7) is 0.452. The van der Waals surface area contributed by atoms with Crippen LogP contribution in [0.5, 0.6) is 0 Å². The summed E-state index contributed by atoms with van der Waals surface area (Å²) in [4.78, 5) is 11.7. The van der Waals surface area contributed by atoms with Gasteiger partial charge in [-0.25, -0.2) is 4.39 Å². The number of carbonyl (C=O) groups excluding carboxylic acids is 1. The van der Waals surface area contributed by atoms with E-state index < -0.39 is 0 Å². The van der Waals surface area contributed by atoms with E-state index in [2.05, 4.69) is 26.1 Å². The van der Waals surface area contributed by atoms with Gasteiger partial charge in [0.05, 0.1) is 13.0 Å². The number of fused-ring (bicyclic) bond motifs is 1. The largest absolute Gasteiger partial charge is 0.469 e. The van der Waals surface area contributed by atoms with Gasteiger partial charge in [-0.15, -0.1) is 10.2 Å². The lowest BCUT2D eigenvalue weighted by molar-refractivity contribution is -0.146. The van der Waals surface area contributed by atoms with Crippen LogP contribution in [0.4, 0.5) is 4.39 Å². The molecule has 0 amide bonds. The maximum absolute atomic E-state index is 13.5. The summed E-state index contributed by atoms with van der Waals surface area (Å²) < 4.78 is 20.9. The van der Waals surface area contributed by atoms with E-state index in [-0.39, 0.29) is 17.7 Å². The van der Waals surface area contributed by atoms with E-state index >= 15 is 0 Å². The average molecular weight is 354 g/mol. The monoisotopic (exact) mass is 353 g/mol. The van der Waals surface area contributed by atoms with E-state index in [1.54, 1.807) is 6.07 Å². The first-order valence-electron chi connectivity index (χ1n) is 6.55. The van der Waals surface area contributed by atoms with Gasteiger partial charge in [0, 0.05) is 23.0 Å². The van der Waals surface area contributed by atoms with E-state index in [0.29, 0.717) is 30.8 Å². The van der Waals surface area contributed by atoms with Crippen molar-refractivity contribution in [2.75, 3.05) is 7.11 Å². The zero-order valence-corrected chi connectivity index (χ0v) is 12.9. The number of aromatic nitrogens is 3. The van der Waals surface area contributed by atoms with Gasteiger partial charge in [0.1, 0.15) is 11.6 Å². The summed E-state index contributed by atoms with van der Waals surface area (Å²) in [5.41, 5.74) is 0.624. The van der Waals surface area contributed by atoms with Crippen LogP contribution < -0.4 is 0 Å². The molecule has 1 aromatic carbocycles. The highest BCUT2D eigenvalue weighted by Gasteiger charge is 2.29. The SMILES string of the molecule is COC(=O)C1CCc2nnc(-c3cc(F)ccc3Br)n2C1. The van der Waals surface area contributed by atoms with Gasteiger partial charge in [0.25, 0.3) is 0 Å². The van der Waals surface area contributed by atoms with E-state index in [9.17, 15) is 9.18 Å². The van der Waals surface area contributed by atoms with Gasteiger partial charge in [-0.3, -0.25) is 4.79 Å². The Labute approximate surface area is 129 Å². The molecule has 1 aromatic heterocycles. The number of nitrogens with zero attached hydrogens (tertiary/aromatic N) is 3. The first-order valence-corrected chi connectivity index (χ1v) is 7.34. The molecule has 5 nitrogen and oxygen atoms in total. The summed E-state index contributed by atoms with van der Waals surface area (Å²) >= 11 is 3.40. The third kappa shape index (κ3) is 2.57. The normalized spacial score (nSPS) is 17.4. The molecule has 3 rings (SSSR count). The summed E-state index contributed by atoms with van der Waals surface area (Å²) in [7, 11) is 1.38. The number of hydrogen-bond acceptors (Lipinski definition) is 4. The van der Waals surface area contributed by atoms with Crippen LogP contribution in [0.3, 0.4) is 0 Å². The highest BCUT2D eigenvalue weighted by Crippen LogP contribution is 2.31. The molecule has 110 valence electrons. The standard InChI is InChI=1S/C14H13BrFN3O2/c1-21-14(20)8-2-5-12-17-18-13(19(12)7-8)10-6-9(16)3-4-11(10)15/h3-4,6,8H,2,5,7H2,1H3. The summed E-state index contributed by atoms with van der Waals surface area (Å²) in [6.07, 6.45) is 1.34. The molecule has 0 radical (unpaired) electrons. The average Bonchev–Trinajstić information content (AvgIpc) is 2.91. The zero-order valence-electron chi connectivity index (χ0n) is 11.3. The van der Waals surface area contributed by atoms with Gasteiger partial charge in [0.2, 0.25) is 0 Å². The van der Waals surface area contributed by atoms with Crippen molar-refractivity contribution in [1.29, 1.82) is 0 Å². The number of esters is 1. The minimum atomic E-state index is -0.342. The molecule has 0 saturated carbocycles. The van der Waals surface area contributed by atoms with E-state index in [1.807, 2.05) is 4.57 Å². The molecule has 1 aliphatic heterocycles. The molecule has 2 aromatic rings. The Morgan fingerprint density at radius 1 is 1.48 bits per heavy atom. The zero-order chi connectivity index (χ0) is 15.0. The Kier molecular flexibility index (Phi) is 3.75. The highest BCUT2D eigenvalue weighted by atomic mass is 79.9. The topological polar surface area (TPSA) is 57.0 Å². The fourth-order valence-corrected chi connectivity index (χ4v) is 2.98. The molecule has 0 spiro atoms. The number of rotatable bonds is 2. The number of methoxy groups -OCH3 is 1. The van der Waals surface area contributed by atoms with Crippen molar-refractivity contribution >= 4 is 21.9 Å². The van der Waals surface area contributed by atoms with Gasteiger partial charge < -0.3 is 9.30 Å². The Bertz CT molecular complexity index is 702. The second-order valence-corrected chi connectivity index (χ2v) is 5.79. The van der Waals surface area contributed by atoms with Crippen LogP contribution >= 0.6 is 15.9 Å². The van der Waals surface area contributed by atoms with Gasteiger partial charge in [0.15, 0.2) is 5.82 Å². The van der Waals surface area contributed by atoms with Crippen molar-refractivity contribution in [1.82, 2.24) is 14.8 Å². The van der Waals surface area contributed by atoms with E-state index in [0.717, 1.165) is 10.3 Å². The Hall–Kier alpha value is -1.76. The van der Waals surface area contributed by atoms with Crippen LogP contribution in [0.15, 0.2) is 22.7 Å². The summed E-state index contributed by atoms with van der Waals surface area (Å²) in [5.74, 6) is 0.570. The third-order valence-corrected chi connectivity index (χ3v) is 4.34. The number of benzene rings is 1. The number of aryl methyl sites for hydroxylation is 1. The van der Waals surface area contributed by atoms with Crippen molar-refractivity contribution in [3.05, 3.63) is 34.3 Å². The minimum absolute atomic E-state index is 0.218. The molecular formula is C14H13BrFN3O2. The Morgan fingerprint density at radius 3 is 3.05 bits per heavy atom. The van der Waals surface area contributed by atoms with Crippen LogP contribution in [-0.4, -0.2) is 27.8 Å². The van der Waals surface area contributed by atoms with Crippen molar-refractivity contribution in [2.45, 2.75) is 19.4 Å². The first kappa shape index (κ1) is 14.2. The maximum atomic E-state index is 13.5. The van der Waals surface area contributed by atoms with Gasteiger partial charge >= 0.3 is 5.97 Å². The van der Waals surface area contributed by atoms with E-state index in [4.69, 9.17) is 4.74 Å². The molecule has 0 aliphatic carbocycles. The smallest absolute Gasteiger partial charge is 0.310 e. The van der Waals surface area contributed by atoms with E-state index in [1.165, 1.54) is 19.2 Å². The van der Waals surface area contributed by atoms with Crippen molar-refractivity contribution in [2.24, 2.45) is 5.92 Å². The van der Waals surface area contributed by atoms with Gasteiger partial charge in [-0.2, -0.15) is 0 Å². The fourth-order valence-electron chi connectivity index (χ4n) is 2.55. The molecular weight excluding hydrogens is 341 g/mol. The molecule has 0 fully saturated rings. The first-order chi connectivity index (χ1) is 10.1. The maximum Gasteiger partial charge on any atom is 0.310 e. The molecule has 0 N–H and O–H groups in total. The highest BCUT2D eigenvalue weighted by molar-refractivity contribution is 9.10. The molecule has 7 heteroatoms. The second-order valence-electron chi connectivity index (χ2n) is 4.93. The van der Waals surface area contributed by atoms with Gasteiger partial charge in [-0.1, -0.05) is 15.9 Å². The summed E-state index contributed by atoms with van der Waals surface area (Å²) in [5, 5.41) is 8.29. The van der Waals surface area contributed by atoms with Crippen LogP contribution in [0.1, 0.15) is 12.2 Å². The molecule has 1 atom stereocenters. The van der Waals surface area contributed by atoms with Crippen molar-refractivity contribution in [3.63, 3.8) is 0 Å². The number of halogens is 2. The minimum Gasteiger partial charge on any atom is -0.469 e. The quantitative estimate of drug-likeness (QED) is 0.778. The van der Waals surface area contributed by atoms with Crippen molar-refractivity contribution < 1.29 is 13.9 Å². The van der Waals surface area contributed by atoms with Crippen molar-refractivity contribution in [3.8, 4) is 11.4 Å². The number of carbonyl (C=O) groups is 1. The second kappa shape index (κ2) is 5.55. The number of hydrogen-bond donors (Lipinski definition) is 0.